The molecule has 2 aliphatic heterocycles. The van der Waals surface area contributed by atoms with E-state index in [1.807, 2.05) is 13.8 Å². The van der Waals surface area contributed by atoms with Crippen LogP contribution in [0.3, 0.4) is 0 Å². The summed E-state index contributed by atoms with van der Waals surface area (Å²) in [5.74, 6) is 0.0803. The standard InChI is InChI=1S/C15H30N2O4S/c1-14(2)20-11-12-22(18,19)17-8-6-16(7-9-17)13-15-5-3-4-10-21-15/h14-15H,3-13H2,1-2H3. The van der Waals surface area contributed by atoms with Crippen molar-refractivity contribution < 1.29 is 17.9 Å². The summed E-state index contributed by atoms with van der Waals surface area (Å²) in [4.78, 5) is 2.33. The summed E-state index contributed by atoms with van der Waals surface area (Å²) in [5.41, 5.74) is 0. The molecular formula is C15H30N2O4S. The van der Waals surface area contributed by atoms with Crippen LogP contribution in [0.4, 0.5) is 0 Å². The van der Waals surface area contributed by atoms with Crippen LogP contribution >= 0.6 is 0 Å². The second kappa shape index (κ2) is 8.59. The van der Waals surface area contributed by atoms with Gasteiger partial charge in [0, 0.05) is 39.3 Å². The van der Waals surface area contributed by atoms with Crippen LogP contribution in [-0.2, 0) is 19.5 Å². The molecule has 6 nitrogen and oxygen atoms in total. The molecule has 0 saturated carbocycles. The maximum atomic E-state index is 12.3. The molecule has 0 spiro atoms. The molecule has 2 aliphatic rings. The molecule has 0 aliphatic carbocycles. The molecule has 1 unspecified atom stereocenters. The van der Waals surface area contributed by atoms with E-state index < -0.39 is 10.0 Å². The topological polar surface area (TPSA) is 59.1 Å². The summed E-state index contributed by atoms with van der Waals surface area (Å²) >= 11 is 0. The van der Waals surface area contributed by atoms with Crippen molar-refractivity contribution in [2.75, 3.05) is 51.7 Å². The monoisotopic (exact) mass is 334 g/mol. The molecule has 2 heterocycles. The van der Waals surface area contributed by atoms with E-state index in [4.69, 9.17) is 9.47 Å². The Bertz CT molecular complexity index is 413. The van der Waals surface area contributed by atoms with Gasteiger partial charge < -0.3 is 9.47 Å². The highest BCUT2D eigenvalue weighted by Gasteiger charge is 2.28. The Labute approximate surface area is 134 Å². The molecule has 0 aromatic heterocycles. The van der Waals surface area contributed by atoms with Crippen molar-refractivity contribution in [3.8, 4) is 0 Å². The number of nitrogens with zero attached hydrogens (tertiary/aromatic N) is 2. The zero-order chi connectivity index (χ0) is 16.0. The van der Waals surface area contributed by atoms with Gasteiger partial charge in [-0.3, -0.25) is 4.90 Å². The van der Waals surface area contributed by atoms with E-state index >= 15 is 0 Å². The minimum Gasteiger partial charge on any atom is -0.378 e. The first kappa shape index (κ1) is 18.1. The normalized spacial score (nSPS) is 25.7. The number of ether oxygens (including phenoxy) is 2. The minimum absolute atomic E-state index is 0.0718. The van der Waals surface area contributed by atoms with Crippen molar-refractivity contribution in [3.05, 3.63) is 0 Å². The molecule has 2 saturated heterocycles. The molecule has 0 aromatic carbocycles. The Morgan fingerprint density at radius 2 is 1.91 bits per heavy atom. The zero-order valence-corrected chi connectivity index (χ0v) is 14.7. The third-order valence-electron chi connectivity index (χ3n) is 4.25. The first-order chi connectivity index (χ1) is 10.5. The van der Waals surface area contributed by atoms with E-state index in [0.29, 0.717) is 19.2 Å². The summed E-state index contributed by atoms with van der Waals surface area (Å²) in [7, 11) is -3.19. The Kier molecular flexibility index (Phi) is 7.08. The van der Waals surface area contributed by atoms with Crippen molar-refractivity contribution >= 4 is 10.0 Å². The number of piperazine rings is 1. The van der Waals surface area contributed by atoms with Crippen LogP contribution in [0.2, 0.25) is 0 Å². The lowest BCUT2D eigenvalue weighted by Crippen LogP contribution is -2.51. The van der Waals surface area contributed by atoms with Crippen molar-refractivity contribution in [1.82, 2.24) is 9.21 Å². The molecule has 0 N–H and O–H groups in total. The van der Waals surface area contributed by atoms with Gasteiger partial charge in [0.25, 0.3) is 0 Å². The average Bonchev–Trinajstić information content (AvgIpc) is 2.48. The first-order valence-electron chi connectivity index (χ1n) is 8.41. The zero-order valence-electron chi connectivity index (χ0n) is 13.9. The predicted octanol–water partition coefficient (Wildman–Crippen LogP) is 0.928. The van der Waals surface area contributed by atoms with Gasteiger partial charge in [-0.25, -0.2) is 8.42 Å². The Morgan fingerprint density at radius 1 is 1.18 bits per heavy atom. The molecule has 0 amide bonds. The molecular weight excluding hydrogens is 304 g/mol. The lowest BCUT2D eigenvalue weighted by atomic mass is 10.1. The summed E-state index contributed by atoms with van der Waals surface area (Å²) in [6.45, 7) is 8.66. The summed E-state index contributed by atoms with van der Waals surface area (Å²) in [6, 6.07) is 0. The van der Waals surface area contributed by atoms with E-state index in [-0.39, 0.29) is 18.5 Å². The second-order valence-corrected chi connectivity index (χ2v) is 8.51. The van der Waals surface area contributed by atoms with Crippen molar-refractivity contribution in [2.24, 2.45) is 0 Å². The lowest BCUT2D eigenvalue weighted by Gasteiger charge is -2.36. The van der Waals surface area contributed by atoms with Crippen LogP contribution in [0.1, 0.15) is 33.1 Å². The van der Waals surface area contributed by atoms with Gasteiger partial charge in [0.2, 0.25) is 10.0 Å². The first-order valence-corrected chi connectivity index (χ1v) is 10.0. The van der Waals surface area contributed by atoms with Crippen LogP contribution < -0.4 is 0 Å². The van der Waals surface area contributed by atoms with Gasteiger partial charge in [0.1, 0.15) is 0 Å². The van der Waals surface area contributed by atoms with Crippen molar-refractivity contribution in [2.45, 2.75) is 45.3 Å². The summed E-state index contributed by atoms with van der Waals surface area (Å²) < 4.78 is 37.3. The third-order valence-corrected chi connectivity index (χ3v) is 6.09. The van der Waals surface area contributed by atoms with Crippen LogP contribution in [0, 0.1) is 0 Å². The summed E-state index contributed by atoms with van der Waals surface area (Å²) in [6.07, 6.45) is 3.94. The van der Waals surface area contributed by atoms with Gasteiger partial charge in [-0.05, 0) is 33.1 Å². The van der Waals surface area contributed by atoms with Crippen LogP contribution in [-0.4, -0.2) is 81.5 Å². The van der Waals surface area contributed by atoms with Crippen LogP contribution in [0.5, 0.6) is 0 Å². The van der Waals surface area contributed by atoms with E-state index in [1.165, 1.54) is 12.8 Å². The molecule has 0 aromatic rings. The van der Waals surface area contributed by atoms with Crippen LogP contribution in [0.15, 0.2) is 0 Å². The SMILES string of the molecule is CC(C)OCCS(=O)(=O)N1CCN(CC2CCCCO2)CC1. The highest BCUT2D eigenvalue weighted by atomic mass is 32.2. The largest absolute Gasteiger partial charge is 0.378 e. The second-order valence-electron chi connectivity index (χ2n) is 6.42. The smallest absolute Gasteiger partial charge is 0.216 e. The van der Waals surface area contributed by atoms with Crippen molar-refractivity contribution in [1.29, 1.82) is 0 Å². The molecule has 130 valence electrons. The maximum absolute atomic E-state index is 12.3. The van der Waals surface area contributed by atoms with E-state index in [9.17, 15) is 8.42 Å². The molecule has 22 heavy (non-hydrogen) atoms. The molecule has 0 bridgehead atoms. The average molecular weight is 334 g/mol. The highest BCUT2D eigenvalue weighted by Crippen LogP contribution is 2.15. The van der Waals surface area contributed by atoms with Gasteiger partial charge in [-0.2, -0.15) is 4.31 Å². The van der Waals surface area contributed by atoms with Gasteiger partial charge in [0.15, 0.2) is 0 Å². The molecule has 7 heteroatoms. The van der Waals surface area contributed by atoms with Crippen molar-refractivity contribution in [3.63, 3.8) is 0 Å². The maximum Gasteiger partial charge on any atom is 0.216 e. The van der Waals surface area contributed by atoms with Crippen LogP contribution in [0.25, 0.3) is 0 Å². The number of hydrogen-bond acceptors (Lipinski definition) is 5. The fourth-order valence-electron chi connectivity index (χ4n) is 2.95. The fraction of sp³-hybridized carbons (Fsp3) is 1.00. The van der Waals surface area contributed by atoms with Gasteiger partial charge in [-0.15, -0.1) is 0 Å². The van der Waals surface area contributed by atoms with Gasteiger partial charge >= 0.3 is 0 Å². The highest BCUT2D eigenvalue weighted by molar-refractivity contribution is 7.89. The predicted molar refractivity (Wildman–Crippen MR) is 86.5 cm³/mol. The quantitative estimate of drug-likeness (QED) is 0.693. The number of sulfonamides is 1. The van der Waals surface area contributed by atoms with E-state index in [2.05, 4.69) is 4.90 Å². The van der Waals surface area contributed by atoms with Gasteiger partial charge in [-0.1, -0.05) is 0 Å². The Hall–Kier alpha value is -0.210. The molecule has 0 radical (unpaired) electrons. The number of rotatable bonds is 7. The Morgan fingerprint density at radius 3 is 2.50 bits per heavy atom. The third kappa shape index (κ3) is 5.77. The lowest BCUT2D eigenvalue weighted by molar-refractivity contribution is -0.0103. The summed E-state index contributed by atoms with van der Waals surface area (Å²) in [5, 5.41) is 0. The molecule has 2 rings (SSSR count). The van der Waals surface area contributed by atoms with E-state index in [1.54, 1.807) is 4.31 Å². The Balaban J connectivity index is 1.71. The fourth-order valence-corrected chi connectivity index (χ4v) is 4.23. The minimum atomic E-state index is -3.19. The molecule has 2 fully saturated rings. The van der Waals surface area contributed by atoms with Gasteiger partial charge in [0.05, 0.1) is 24.6 Å². The van der Waals surface area contributed by atoms with E-state index in [0.717, 1.165) is 32.7 Å². The number of hydrogen-bond donors (Lipinski definition) is 0. The molecule has 1 atom stereocenters.